The maximum absolute atomic E-state index is 12.1. The Bertz CT molecular complexity index is 301. The number of rotatable bonds is 4. The standard InChI is InChI=1S/C13H26N2O3/c1-12(2,3)5-9(16)6-15-11(17)13(4)8-18-7-10(13)14/h9-10,16H,5-8,14H2,1-4H3,(H,15,17). The lowest BCUT2D eigenvalue weighted by Crippen LogP contribution is -2.51. The van der Waals surface area contributed by atoms with Crippen LogP contribution < -0.4 is 11.1 Å². The summed E-state index contributed by atoms with van der Waals surface area (Å²) in [5.74, 6) is -0.138. The number of aliphatic hydroxyl groups is 1. The number of hydrogen-bond acceptors (Lipinski definition) is 4. The smallest absolute Gasteiger partial charge is 0.230 e. The van der Waals surface area contributed by atoms with E-state index in [1.54, 1.807) is 6.92 Å². The molecule has 0 aliphatic carbocycles. The highest BCUT2D eigenvalue weighted by molar-refractivity contribution is 5.83. The molecule has 0 aromatic heterocycles. The lowest BCUT2D eigenvalue weighted by molar-refractivity contribution is -0.131. The summed E-state index contributed by atoms with van der Waals surface area (Å²) in [5, 5.41) is 12.6. The topological polar surface area (TPSA) is 84.6 Å². The molecule has 1 aliphatic heterocycles. The average molecular weight is 258 g/mol. The van der Waals surface area contributed by atoms with Crippen molar-refractivity contribution < 1.29 is 14.6 Å². The zero-order valence-corrected chi connectivity index (χ0v) is 11.8. The van der Waals surface area contributed by atoms with Gasteiger partial charge in [0.1, 0.15) is 0 Å². The predicted molar refractivity (Wildman–Crippen MR) is 70.0 cm³/mol. The zero-order valence-electron chi connectivity index (χ0n) is 11.8. The van der Waals surface area contributed by atoms with Crippen LogP contribution in [0.4, 0.5) is 0 Å². The van der Waals surface area contributed by atoms with Crippen LogP contribution in [-0.2, 0) is 9.53 Å². The lowest BCUT2D eigenvalue weighted by Gasteiger charge is -2.27. The van der Waals surface area contributed by atoms with Gasteiger partial charge in [-0.15, -0.1) is 0 Å². The number of carbonyl (C=O) groups excluding carboxylic acids is 1. The first-order valence-electron chi connectivity index (χ1n) is 6.45. The van der Waals surface area contributed by atoms with Crippen molar-refractivity contribution in [1.29, 1.82) is 0 Å². The number of hydrogen-bond donors (Lipinski definition) is 3. The van der Waals surface area contributed by atoms with Crippen LogP contribution in [0.5, 0.6) is 0 Å². The van der Waals surface area contributed by atoms with Crippen LogP contribution in [0.3, 0.4) is 0 Å². The summed E-state index contributed by atoms with van der Waals surface area (Å²) in [6.45, 7) is 8.98. The SMILES string of the molecule is CC(C)(C)CC(O)CNC(=O)C1(C)COCC1N. The molecule has 1 saturated heterocycles. The van der Waals surface area contributed by atoms with E-state index in [0.29, 0.717) is 19.6 Å². The number of ether oxygens (including phenoxy) is 1. The molecule has 0 radical (unpaired) electrons. The largest absolute Gasteiger partial charge is 0.391 e. The molecule has 4 N–H and O–H groups in total. The van der Waals surface area contributed by atoms with Crippen molar-refractivity contribution >= 4 is 5.91 Å². The zero-order chi connectivity index (χ0) is 14.0. The minimum absolute atomic E-state index is 0.0426. The van der Waals surface area contributed by atoms with Gasteiger partial charge in [0.25, 0.3) is 0 Å². The van der Waals surface area contributed by atoms with Crippen LogP contribution in [-0.4, -0.2) is 42.9 Å². The molecule has 1 aliphatic rings. The first kappa shape index (κ1) is 15.4. The molecule has 0 saturated carbocycles. The second-order valence-corrected chi connectivity index (χ2v) is 6.67. The predicted octanol–water partition coefficient (Wildman–Crippen LogP) is 0.264. The maximum Gasteiger partial charge on any atom is 0.230 e. The number of carbonyl (C=O) groups is 1. The third-order valence-electron chi connectivity index (χ3n) is 3.38. The Balaban J connectivity index is 2.42. The van der Waals surface area contributed by atoms with E-state index < -0.39 is 11.5 Å². The Kier molecular flexibility index (Phi) is 4.75. The Labute approximate surface area is 109 Å². The third kappa shape index (κ3) is 3.93. The molecule has 106 valence electrons. The molecule has 0 bridgehead atoms. The molecule has 5 heteroatoms. The van der Waals surface area contributed by atoms with Crippen molar-refractivity contribution in [1.82, 2.24) is 5.32 Å². The van der Waals surface area contributed by atoms with E-state index in [1.165, 1.54) is 0 Å². The van der Waals surface area contributed by atoms with Crippen molar-refractivity contribution in [3.63, 3.8) is 0 Å². The quantitative estimate of drug-likeness (QED) is 0.675. The summed E-state index contributed by atoms with van der Waals surface area (Å²) in [7, 11) is 0. The molecule has 0 aromatic carbocycles. The van der Waals surface area contributed by atoms with Crippen molar-refractivity contribution in [2.75, 3.05) is 19.8 Å². The summed E-state index contributed by atoms with van der Waals surface area (Å²) in [5.41, 5.74) is 5.24. The molecule has 1 fully saturated rings. The first-order valence-corrected chi connectivity index (χ1v) is 6.45. The molecule has 1 rings (SSSR count). The Morgan fingerprint density at radius 1 is 1.61 bits per heavy atom. The van der Waals surface area contributed by atoms with Crippen LogP contribution in [0.2, 0.25) is 0 Å². The molecule has 0 aromatic rings. The maximum atomic E-state index is 12.1. The van der Waals surface area contributed by atoms with E-state index in [4.69, 9.17) is 10.5 Å². The normalized spacial score (nSPS) is 30.2. The van der Waals surface area contributed by atoms with E-state index >= 15 is 0 Å². The highest BCUT2D eigenvalue weighted by atomic mass is 16.5. The van der Waals surface area contributed by atoms with Gasteiger partial charge < -0.3 is 20.9 Å². The average Bonchev–Trinajstić information content (AvgIpc) is 2.54. The van der Waals surface area contributed by atoms with E-state index in [9.17, 15) is 9.90 Å². The van der Waals surface area contributed by atoms with E-state index in [1.807, 2.05) is 0 Å². The van der Waals surface area contributed by atoms with Crippen LogP contribution in [0.1, 0.15) is 34.1 Å². The van der Waals surface area contributed by atoms with Crippen molar-refractivity contribution in [3.8, 4) is 0 Å². The van der Waals surface area contributed by atoms with E-state index in [2.05, 4.69) is 26.1 Å². The van der Waals surface area contributed by atoms with Crippen molar-refractivity contribution in [3.05, 3.63) is 0 Å². The van der Waals surface area contributed by atoms with Gasteiger partial charge >= 0.3 is 0 Å². The molecule has 5 nitrogen and oxygen atoms in total. The van der Waals surface area contributed by atoms with Gasteiger partial charge in [-0.3, -0.25) is 4.79 Å². The summed E-state index contributed by atoms with van der Waals surface area (Å²) in [6, 6.07) is -0.280. The van der Waals surface area contributed by atoms with Gasteiger partial charge in [-0.25, -0.2) is 0 Å². The van der Waals surface area contributed by atoms with E-state index in [0.717, 1.165) is 0 Å². The Morgan fingerprint density at radius 3 is 2.67 bits per heavy atom. The molecule has 1 amide bonds. The second kappa shape index (κ2) is 5.55. The summed E-state index contributed by atoms with van der Waals surface area (Å²) in [4.78, 5) is 12.1. The summed E-state index contributed by atoms with van der Waals surface area (Å²) < 4.78 is 5.23. The fourth-order valence-corrected chi connectivity index (χ4v) is 2.11. The third-order valence-corrected chi connectivity index (χ3v) is 3.38. The van der Waals surface area contributed by atoms with Gasteiger partial charge in [0.05, 0.1) is 24.7 Å². The number of aliphatic hydroxyl groups excluding tert-OH is 1. The van der Waals surface area contributed by atoms with Gasteiger partial charge in [-0.1, -0.05) is 20.8 Å². The lowest BCUT2D eigenvalue weighted by atomic mass is 9.84. The molecular weight excluding hydrogens is 232 g/mol. The van der Waals surface area contributed by atoms with Gasteiger partial charge in [0.2, 0.25) is 5.91 Å². The van der Waals surface area contributed by atoms with E-state index in [-0.39, 0.29) is 23.9 Å². The highest BCUT2D eigenvalue weighted by Crippen LogP contribution is 2.27. The van der Waals surface area contributed by atoms with Crippen molar-refractivity contribution in [2.45, 2.75) is 46.3 Å². The molecule has 3 atom stereocenters. The molecule has 0 spiro atoms. The summed E-state index contributed by atoms with van der Waals surface area (Å²) in [6.07, 6.45) is 0.114. The van der Waals surface area contributed by atoms with Gasteiger partial charge in [0.15, 0.2) is 0 Å². The molecular formula is C13H26N2O3. The van der Waals surface area contributed by atoms with Gasteiger partial charge in [-0.2, -0.15) is 0 Å². The van der Waals surface area contributed by atoms with Crippen LogP contribution >= 0.6 is 0 Å². The minimum Gasteiger partial charge on any atom is -0.391 e. The minimum atomic E-state index is -0.679. The van der Waals surface area contributed by atoms with Gasteiger partial charge in [0, 0.05) is 12.6 Å². The number of nitrogens with two attached hydrogens (primary N) is 1. The summed E-state index contributed by atoms with van der Waals surface area (Å²) >= 11 is 0. The Morgan fingerprint density at radius 2 is 2.22 bits per heavy atom. The van der Waals surface area contributed by atoms with Gasteiger partial charge in [-0.05, 0) is 18.8 Å². The van der Waals surface area contributed by atoms with Crippen LogP contribution in [0, 0.1) is 10.8 Å². The number of nitrogens with one attached hydrogen (secondary N) is 1. The molecule has 1 heterocycles. The number of amides is 1. The molecule has 3 unspecified atom stereocenters. The molecule has 18 heavy (non-hydrogen) atoms. The fraction of sp³-hybridized carbons (Fsp3) is 0.923. The fourth-order valence-electron chi connectivity index (χ4n) is 2.11. The second-order valence-electron chi connectivity index (χ2n) is 6.67. The first-order chi connectivity index (χ1) is 8.15. The van der Waals surface area contributed by atoms with Crippen LogP contribution in [0.25, 0.3) is 0 Å². The highest BCUT2D eigenvalue weighted by Gasteiger charge is 2.44. The Hall–Kier alpha value is -0.650. The monoisotopic (exact) mass is 258 g/mol. The van der Waals surface area contributed by atoms with Crippen LogP contribution in [0.15, 0.2) is 0 Å². The van der Waals surface area contributed by atoms with Crippen molar-refractivity contribution in [2.24, 2.45) is 16.6 Å².